The van der Waals surface area contributed by atoms with Crippen molar-refractivity contribution in [1.82, 2.24) is 0 Å². The van der Waals surface area contributed by atoms with Crippen LogP contribution in [0.2, 0.25) is 5.02 Å². The Balaban J connectivity index is 2.18. The minimum absolute atomic E-state index is 0.00271. The molecule has 2 unspecified atom stereocenters. The van der Waals surface area contributed by atoms with Crippen LogP contribution in [0.15, 0.2) is 24.3 Å². The van der Waals surface area contributed by atoms with Crippen LogP contribution >= 0.6 is 11.6 Å². The summed E-state index contributed by atoms with van der Waals surface area (Å²) in [6, 6.07) is 7.54. The molecular weight excluding hydrogens is 278 g/mol. The Labute approximate surface area is 124 Å². The van der Waals surface area contributed by atoms with Gasteiger partial charge in [-0.25, -0.2) is 0 Å². The molecule has 0 aliphatic carbocycles. The molecule has 2 atom stereocenters. The Morgan fingerprint density at radius 3 is 2.75 bits per heavy atom. The second-order valence-electron chi connectivity index (χ2n) is 5.08. The first-order valence-corrected chi connectivity index (χ1v) is 7.33. The van der Waals surface area contributed by atoms with Gasteiger partial charge in [-0.15, -0.1) is 0 Å². The summed E-state index contributed by atoms with van der Waals surface area (Å²) in [5.41, 5.74) is 0.901. The second-order valence-corrected chi connectivity index (χ2v) is 5.51. The molecule has 110 valence electrons. The van der Waals surface area contributed by atoms with E-state index in [4.69, 9.17) is 21.4 Å². The number of nitrogens with zero attached hydrogens (tertiary/aromatic N) is 1. The highest BCUT2D eigenvalue weighted by molar-refractivity contribution is 6.30. The van der Waals surface area contributed by atoms with Gasteiger partial charge in [0, 0.05) is 23.4 Å². The molecule has 20 heavy (non-hydrogen) atoms. The number of benzene rings is 1. The van der Waals surface area contributed by atoms with Crippen LogP contribution in [0.3, 0.4) is 0 Å². The van der Waals surface area contributed by atoms with E-state index < -0.39 is 5.97 Å². The Morgan fingerprint density at radius 2 is 2.15 bits per heavy atom. The molecule has 0 saturated carbocycles. The van der Waals surface area contributed by atoms with Gasteiger partial charge >= 0.3 is 5.97 Å². The molecule has 1 aliphatic heterocycles. The van der Waals surface area contributed by atoms with Gasteiger partial charge in [0.05, 0.1) is 6.10 Å². The molecule has 0 spiro atoms. The third kappa shape index (κ3) is 3.87. The molecular formula is C15H20ClNO3. The van der Waals surface area contributed by atoms with Crippen molar-refractivity contribution < 1.29 is 14.6 Å². The van der Waals surface area contributed by atoms with Crippen LogP contribution in [-0.4, -0.2) is 36.4 Å². The maximum Gasteiger partial charge on any atom is 0.323 e. The largest absolute Gasteiger partial charge is 0.480 e. The lowest BCUT2D eigenvalue weighted by molar-refractivity contribution is -0.135. The zero-order chi connectivity index (χ0) is 14.5. The summed E-state index contributed by atoms with van der Waals surface area (Å²) in [4.78, 5) is 13.1. The number of ether oxygens (including phenoxy) is 1. The van der Waals surface area contributed by atoms with E-state index in [0.717, 1.165) is 24.9 Å². The molecule has 4 nitrogen and oxygen atoms in total. The van der Waals surface area contributed by atoms with E-state index in [1.807, 2.05) is 17.0 Å². The van der Waals surface area contributed by atoms with Crippen molar-refractivity contribution in [2.24, 2.45) is 0 Å². The zero-order valence-corrected chi connectivity index (χ0v) is 12.3. The molecule has 0 radical (unpaired) electrons. The average molecular weight is 298 g/mol. The van der Waals surface area contributed by atoms with Crippen molar-refractivity contribution in [2.45, 2.75) is 38.3 Å². The number of halogens is 1. The Morgan fingerprint density at radius 1 is 1.45 bits per heavy atom. The Bertz CT molecular complexity index is 449. The van der Waals surface area contributed by atoms with Crippen molar-refractivity contribution in [1.29, 1.82) is 0 Å². The summed E-state index contributed by atoms with van der Waals surface area (Å²) in [6.07, 6.45) is 2.90. The van der Waals surface area contributed by atoms with E-state index in [0.29, 0.717) is 11.6 Å². The summed E-state index contributed by atoms with van der Waals surface area (Å²) < 4.78 is 5.67. The molecule has 5 heteroatoms. The number of hydrogen-bond acceptors (Lipinski definition) is 3. The predicted molar refractivity (Wildman–Crippen MR) is 79.5 cm³/mol. The van der Waals surface area contributed by atoms with Gasteiger partial charge in [-0.3, -0.25) is 4.79 Å². The molecule has 0 bridgehead atoms. The number of carboxylic acids is 1. The molecule has 1 heterocycles. The molecule has 1 aromatic carbocycles. The van der Waals surface area contributed by atoms with Gasteiger partial charge < -0.3 is 14.7 Å². The van der Waals surface area contributed by atoms with Gasteiger partial charge in [0.2, 0.25) is 0 Å². The highest BCUT2D eigenvalue weighted by atomic mass is 35.5. The Hall–Kier alpha value is -1.26. The maximum atomic E-state index is 11.1. The van der Waals surface area contributed by atoms with Crippen molar-refractivity contribution in [2.75, 3.05) is 18.1 Å². The number of hydrogen-bond donors (Lipinski definition) is 1. The highest BCUT2D eigenvalue weighted by Gasteiger charge is 2.28. The fourth-order valence-electron chi connectivity index (χ4n) is 2.64. The SMILES string of the molecule is CCC1CC(N(CC(=O)O)c2ccc(Cl)cc2)CCO1. The molecule has 2 rings (SSSR count). The van der Waals surface area contributed by atoms with Crippen LogP contribution in [-0.2, 0) is 9.53 Å². The predicted octanol–water partition coefficient (Wildman–Crippen LogP) is 3.19. The maximum absolute atomic E-state index is 11.1. The summed E-state index contributed by atoms with van der Waals surface area (Å²) >= 11 is 5.90. The molecule has 1 N–H and O–H groups in total. The second kappa shape index (κ2) is 6.95. The fraction of sp³-hybridized carbons (Fsp3) is 0.533. The summed E-state index contributed by atoms with van der Waals surface area (Å²) in [5.74, 6) is -0.820. The first kappa shape index (κ1) is 15.1. The monoisotopic (exact) mass is 297 g/mol. The normalized spacial score (nSPS) is 22.5. The lowest BCUT2D eigenvalue weighted by Gasteiger charge is -2.38. The van der Waals surface area contributed by atoms with E-state index >= 15 is 0 Å². The highest BCUT2D eigenvalue weighted by Crippen LogP contribution is 2.27. The number of carbonyl (C=O) groups is 1. The number of anilines is 1. The molecule has 0 amide bonds. The van der Waals surface area contributed by atoms with E-state index in [2.05, 4.69) is 6.92 Å². The topological polar surface area (TPSA) is 49.8 Å². The van der Waals surface area contributed by atoms with Gasteiger partial charge in [0.15, 0.2) is 0 Å². The lowest BCUT2D eigenvalue weighted by atomic mass is 9.99. The van der Waals surface area contributed by atoms with Crippen molar-refractivity contribution in [3.63, 3.8) is 0 Å². The van der Waals surface area contributed by atoms with Crippen LogP contribution < -0.4 is 4.90 Å². The third-order valence-corrected chi connectivity index (χ3v) is 3.95. The van der Waals surface area contributed by atoms with Crippen LogP contribution in [0.5, 0.6) is 0 Å². The standard InChI is InChI=1S/C15H20ClNO3/c1-2-14-9-13(7-8-20-14)17(10-15(18)19)12-5-3-11(16)4-6-12/h3-6,13-14H,2,7-10H2,1H3,(H,18,19). The Kier molecular flexibility index (Phi) is 5.26. The molecule has 1 fully saturated rings. The van der Waals surface area contributed by atoms with Crippen LogP contribution in [0.4, 0.5) is 5.69 Å². The van der Waals surface area contributed by atoms with E-state index in [1.54, 1.807) is 12.1 Å². The van der Waals surface area contributed by atoms with Gasteiger partial charge in [-0.05, 0) is 43.5 Å². The fourth-order valence-corrected chi connectivity index (χ4v) is 2.76. The lowest BCUT2D eigenvalue weighted by Crippen LogP contribution is -2.44. The van der Waals surface area contributed by atoms with Crippen LogP contribution in [0, 0.1) is 0 Å². The van der Waals surface area contributed by atoms with E-state index in [1.165, 1.54) is 0 Å². The van der Waals surface area contributed by atoms with E-state index in [9.17, 15) is 4.79 Å². The average Bonchev–Trinajstić information content (AvgIpc) is 2.46. The number of carboxylic acid groups (broad SMARTS) is 1. The summed E-state index contributed by atoms with van der Waals surface area (Å²) in [6.45, 7) is 2.78. The first-order chi connectivity index (χ1) is 9.60. The quantitative estimate of drug-likeness (QED) is 0.907. The summed E-state index contributed by atoms with van der Waals surface area (Å²) in [7, 11) is 0. The van der Waals surface area contributed by atoms with Crippen LogP contribution in [0.1, 0.15) is 26.2 Å². The molecule has 1 aliphatic rings. The number of rotatable bonds is 5. The number of aliphatic carboxylic acids is 1. The minimum atomic E-state index is -0.820. The van der Waals surface area contributed by atoms with Gasteiger partial charge in [-0.1, -0.05) is 18.5 Å². The molecule has 1 aromatic rings. The van der Waals surface area contributed by atoms with E-state index in [-0.39, 0.29) is 18.7 Å². The van der Waals surface area contributed by atoms with Crippen LogP contribution in [0.25, 0.3) is 0 Å². The van der Waals surface area contributed by atoms with Gasteiger partial charge in [-0.2, -0.15) is 0 Å². The first-order valence-electron chi connectivity index (χ1n) is 6.95. The minimum Gasteiger partial charge on any atom is -0.480 e. The molecule has 0 aromatic heterocycles. The smallest absolute Gasteiger partial charge is 0.323 e. The summed E-state index contributed by atoms with van der Waals surface area (Å²) in [5, 5.41) is 9.81. The van der Waals surface area contributed by atoms with Gasteiger partial charge in [0.25, 0.3) is 0 Å². The zero-order valence-electron chi connectivity index (χ0n) is 11.6. The van der Waals surface area contributed by atoms with Crippen molar-refractivity contribution in [3.05, 3.63) is 29.3 Å². The molecule has 1 saturated heterocycles. The van der Waals surface area contributed by atoms with Crippen molar-refractivity contribution in [3.8, 4) is 0 Å². The van der Waals surface area contributed by atoms with Crippen molar-refractivity contribution >= 4 is 23.3 Å². The third-order valence-electron chi connectivity index (χ3n) is 3.70. The van der Waals surface area contributed by atoms with Gasteiger partial charge in [0.1, 0.15) is 6.54 Å².